The average Bonchev–Trinajstić information content (AvgIpc) is 3.46. The molecule has 5 aliphatic rings. The van der Waals surface area contributed by atoms with Crippen LogP contribution in [0.25, 0.3) is 0 Å². The van der Waals surface area contributed by atoms with Crippen LogP contribution in [0.15, 0.2) is 29.3 Å². The number of epoxide rings is 1. The number of phenolic OH excluding ortho intramolecular Hbond substituents is 1. The molecule has 10 unspecified atom stereocenters. The smallest absolute Gasteiger partial charge is 0.159 e. The molecule has 0 aromatic heterocycles. The number of allylic oxidation sites excluding steroid dienone is 2. The summed E-state index contributed by atoms with van der Waals surface area (Å²) < 4.78 is 5.71. The number of aromatic hydroxyl groups is 1. The molecule has 3 saturated carbocycles. The first-order valence-corrected chi connectivity index (χ1v) is 17.1. The van der Waals surface area contributed by atoms with Crippen molar-refractivity contribution in [2.24, 2.45) is 39.4 Å². The van der Waals surface area contributed by atoms with Gasteiger partial charge in [-0.25, -0.2) is 0 Å². The summed E-state index contributed by atoms with van der Waals surface area (Å²) in [7, 11) is 1.87. The maximum absolute atomic E-state index is 14.3. The van der Waals surface area contributed by atoms with E-state index in [1.807, 2.05) is 40.8 Å². The lowest BCUT2D eigenvalue weighted by Crippen LogP contribution is -2.67. The molecule has 7 nitrogen and oxygen atoms in total. The van der Waals surface area contributed by atoms with Crippen molar-refractivity contribution in [3.05, 3.63) is 40.5 Å². The molecule has 0 bridgehead atoms. The molecule has 4 aliphatic carbocycles. The van der Waals surface area contributed by atoms with E-state index >= 15 is 0 Å². The van der Waals surface area contributed by atoms with Gasteiger partial charge in [0.15, 0.2) is 5.78 Å². The van der Waals surface area contributed by atoms with Crippen LogP contribution in [0, 0.1) is 39.4 Å². The Kier molecular flexibility index (Phi) is 7.65. The van der Waals surface area contributed by atoms with Crippen LogP contribution in [0.3, 0.4) is 0 Å². The van der Waals surface area contributed by atoms with Crippen LogP contribution in [0.1, 0.15) is 111 Å². The molecule has 1 saturated heterocycles. The van der Waals surface area contributed by atoms with Crippen molar-refractivity contribution in [1.29, 1.82) is 0 Å². The van der Waals surface area contributed by atoms with Crippen LogP contribution in [-0.4, -0.2) is 57.8 Å². The molecule has 45 heavy (non-hydrogen) atoms. The molecule has 1 aromatic carbocycles. The number of carbonyl (C=O) groups is 2. The predicted molar refractivity (Wildman–Crippen MR) is 174 cm³/mol. The van der Waals surface area contributed by atoms with E-state index < -0.39 is 23.0 Å². The molecule has 0 amide bonds. The fourth-order valence-electron chi connectivity index (χ4n) is 11.8. The minimum absolute atomic E-state index is 0.0745. The largest absolute Gasteiger partial charge is 0.508 e. The van der Waals surface area contributed by atoms with Crippen LogP contribution >= 0.6 is 0 Å². The molecule has 7 heteroatoms. The summed E-state index contributed by atoms with van der Waals surface area (Å²) in [6, 6.07) is 5.54. The second-order valence-corrected chi connectivity index (χ2v) is 17.2. The van der Waals surface area contributed by atoms with E-state index in [9.17, 15) is 24.9 Å². The number of benzene rings is 1. The minimum atomic E-state index is -0.760. The normalized spacial score (nSPS) is 41.3. The number of ether oxygens (including phenoxy) is 1. The maximum Gasteiger partial charge on any atom is 0.159 e. The molecule has 1 aromatic rings. The first-order chi connectivity index (χ1) is 20.8. The van der Waals surface area contributed by atoms with Crippen LogP contribution < -0.4 is 5.32 Å². The standard InChI is InChI=1S/C38H55NO6/c1-20(12-26(41)33-35(4,5)45-33)30-25-10-11-29-36(6)16-24(22-13-21(19-39-9)14-23(40)15-22)32(44)34(2,3)31(36)28(43)18-38(29,8)37(25,7)17-27(30)42/h13-15,20,24,26,28-29,31,33,39-41,43H,10-12,16-19H2,1-9H3. The number of phenols is 1. The highest BCUT2D eigenvalue weighted by molar-refractivity contribution is 6.00. The third-order valence-corrected chi connectivity index (χ3v) is 13.7. The molecular formula is C38H55NO6. The SMILES string of the molecule is CNCc1cc(O)cc(C2CC3(C)C(C(O)CC4(C)C3CCC3=C(C(C)CC(O)C5OC5(C)C)C(=O)CC34C)C(C)(C)C2=O)c1. The molecule has 6 rings (SSSR count). The molecule has 4 N–H and O–H groups in total. The lowest BCUT2D eigenvalue weighted by Gasteiger charge is -2.69. The van der Waals surface area contributed by atoms with Crippen LogP contribution in [-0.2, 0) is 20.9 Å². The number of nitrogens with one attached hydrogen (secondary N) is 1. The lowest BCUT2D eigenvalue weighted by atomic mass is 9.35. The van der Waals surface area contributed by atoms with Crippen molar-refractivity contribution in [2.45, 2.75) is 130 Å². The average molecular weight is 622 g/mol. The predicted octanol–water partition coefficient (Wildman–Crippen LogP) is 5.84. The molecule has 4 fully saturated rings. The number of ketones is 2. The molecule has 0 spiro atoms. The Morgan fingerprint density at radius 2 is 1.71 bits per heavy atom. The van der Waals surface area contributed by atoms with Crippen molar-refractivity contribution in [3.8, 4) is 5.75 Å². The summed E-state index contributed by atoms with van der Waals surface area (Å²) in [6.45, 7) is 17.5. The number of aliphatic hydroxyl groups excluding tert-OH is 2. The van der Waals surface area contributed by atoms with Gasteiger partial charge >= 0.3 is 0 Å². The molecule has 248 valence electrons. The van der Waals surface area contributed by atoms with Gasteiger partial charge in [-0.3, -0.25) is 9.59 Å². The summed E-state index contributed by atoms with van der Waals surface area (Å²) in [4.78, 5) is 28.2. The van der Waals surface area contributed by atoms with Crippen LogP contribution in [0.5, 0.6) is 5.75 Å². The van der Waals surface area contributed by atoms with E-state index in [0.29, 0.717) is 32.2 Å². The highest BCUT2D eigenvalue weighted by atomic mass is 16.6. The number of carbonyl (C=O) groups excluding carboxylic acids is 2. The van der Waals surface area contributed by atoms with E-state index in [0.717, 1.165) is 29.5 Å². The zero-order valence-corrected chi connectivity index (χ0v) is 28.8. The van der Waals surface area contributed by atoms with E-state index in [-0.39, 0.29) is 63.5 Å². The zero-order valence-electron chi connectivity index (χ0n) is 28.8. The number of hydrogen-bond acceptors (Lipinski definition) is 7. The van der Waals surface area contributed by atoms with Gasteiger partial charge in [-0.15, -0.1) is 0 Å². The quantitative estimate of drug-likeness (QED) is 0.283. The molecule has 1 aliphatic heterocycles. The first kappa shape index (κ1) is 32.9. The van der Waals surface area contributed by atoms with Crippen LogP contribution in [0.2, 0.25) is 0 Å². The zero-order chi connectivity index (χ0) is 33.1. The second kappa shape index (κ2) is 10.5. The highest BCUT2D eigenvalue weighted by Gasteiger charge is 2.71. The molecule has 10 atom stereocenters. The van der Waals surface area contributed by atoms with Gasteiger partial charge in [-0.1, -0.05) is 53.2 Å². The summed E-state index contributed by atoms with van der Waals surface area (Å²) in [5.74, 6) is 0.00364. The molecule has 1 heterocycles. The van der Waals surface area contributed by atoms with Crippen molar-refractivity contribution < 1.29 is 29.6 Å². The Labute approximate surface area is 269 Å². The summed E-state index contributed by atoms with van der Waals surface area (Å²) in [5.41, 5.74) is 1.71. The van der Waals surface area contributed by atoms with Gasteiger partial charge in [0, 0.05) is 35.6 Å². The monoisotopic (exact) mass is 621 g/mol. The Hall–Kier alpha value is -2.06. The Morgan fingerprint density at radius 1 is 1.04 bits per heavy atom. The van der Waals surface area contributed by atoms with Gasteiger partial charge in [0.2, 0.25) is 0 Å². The number of hydrogen-bond donors (Lipinski definition) is 4. The summed E-state index contributed by atoms with van der Waals surface area (Å²) in [5, 5.41) is 36.9. The number of Topliss-reactive ketones (excluding diaryl/α,β-unsaturated/α-hetero) is 2. The first-order valence-electron chi connectivity index (χ1n) is 17.1. The van der Waals surface area contributed by atoms with Gasteiger partial charge < -0.3 is 25.4 Å². The van der Waals surface area contributed by atoms with Gasteiger partial charge in [0.1, 0.15) is 17.6 Å². The fraction of sp³-hybridized carbons (Fsp3) is 0.737. The molecular weight excluding hydrogens is 566 g/mol. The fourth-order valence-corrected chi connectivity index (χ4v) is 11.8. The minimum Gasteiger partial charge on any atom is -0.508 e. The molecule has 0 radical (unpaired) electrons. The van der Waals surface area contributed by atoms with Crippen molar-refractivity contribution in [3.63, 3.8) is 0 Å². The number of rotatable bonds is 7. The van der Waals surface area contributed by atoms with E-state index in [1.54, 1.807) is 12.1 Å². The second-order valence-electron chi connectivity index (χ2n) is 17.2. The number of fused-ring (bicyclic) bond motifs is 5. The highest BCUT2D eigenvalue weighted by Crippen LogP contribution is 2.74. The van der Waals surface area contributed by atoms with Gasteiger partial charge in [0.05, 0.1) is 17.8 Å². The van der Waals surface area contributed by atoms with E-state index in [2.05, 4.69) is 33.0 Å². The third kappa shape index (κ3) is 4.73. The van der Waals surface area contributed by atoms with Crippen LogP contribution in [0.4, 0.5) is 0 Å². The van der Waals surface area contributed by atoms with Gasteiger partial charge in [-0.2, -0.15) is 0 Å². The summed E-state index contributed by atoms with van der Waals surface area (Å²) >= 11 is 0. The summed E-state index contributed by atoms with van der Waals surface area (Å²) in [6.07, 6.45) is 2.31. The Morgan fingerprint density at radius 3 is 2.33 bits per heavy atom. The van der Waals surface area contributed by atoms with Crippen molar-refractivity contribution >= 4 is 11.6 Å². The topological polar surface area (TPSA) is 119 Å². The van der Waals surface area contributed by atoms with Crippen molar-refractivity contribution in [2.75, 3.05) is 7.05 Å². The Balaban J connectivity index is 1.38. The Bertz CT molecular complexity index is 1450. The lowest BCUT2D eigenvalue weighted by molar-refractivity contribution is -0.219. The van der Waals surface area contributed by atoms with Gasteiger partial charge in [-0.05, 0) is 104 Å². The van der Waals surface area contributed by atoms with Crippen molar-refractivity contribution in [1.82, 2.24) is 5.32 Å². The van der Waals surface area contributed by atoms with Gasteiger partial charge in [0.25, 0.3) is 0 Å². The maximum atomic E-state index is 14.3. The third-order valence-electron chi connectivity index (χ3n) is 13.7. The van der Waals surface area contributed by atoms with E-state index in [4.69, 9.17) is 4.74 Å². The van der Waals surface area contributed by atoms with E-state index in [1.165, 1.54) is 5.57 Å². The number of aliphatic hydroxyl groups is 2.